The summed E-state index contributed by atoms with van der Waals surface area (Å²) >= 11 is 0. The zero-order valence-electron chi connectivity index (χ0n) is 9.24. The molecule has 0 radical (unpaired) electrons. The molecule has 0 unspecified atom stereocenters. The average Bonchev–Trinajstić information content (AvgIpc) is 3.02. The molecule has 0 aromatic rings. The van der Waals surface area contributed by atoms with Gasteiger partial charge < -0.3 is 0 Å². The molecule has 0 bridgehead atoms. The van der Waals surface area contributed by atoms with Gasteiger partial charge >= 0.3 is 0 Å². The van der Waals surface area contributed by atoms with Crippen molar-refractivity contribution < 1.29 is 0 Å². The molecule has 0 saturated heterocycles. The largest absolute Gasteiger partial charge is 0.0773 e. The van der Waals surface area contributed by atoms with E-state index in [0.717, 1.165) is 0 Å². The van der Waals surface area contributed by atoms with Crippen molar-refractivity contribution in [2.24, 2.45) is 23.7 Å². The van der Waals surface area contributed by atoms with E-state index >= 15 is 0 Å². The van der Waals surface area contributed by atoms with Crippen LogP contribution in [-0.2, 0) is 0 Å². The SMILES string of the molecule is C1=CC(C(C2C=CC=C2)C2C=CC=C2)C=C1. The molecule has 16 heavy (non-hydrogen) atoms. The van der Waals surface area contributed by atoms with Crippen molar-refractivity contribution in [2.45, 2.75) is 0 Å². The van der Waals surface area contributed by atoms with Crippen LogP contribution in [-0.4, -0.2) is 0 Å². The van der Waals surface area contributed by atoms with Crippen LogP contribution < -0.4 is 0 Å². The summed E-state index contributed by atoms with van der Waals surface area (Å²) < 4.78 is 0. The van der Waals surface area contributed by atoms with Crippen molar-refractivity contribution in [3.8, 4) is 0 Å². The molecule has 80 valence electrons. The quantitative estimate of drug-likeness (QED) is 0.661. The molecule has 3 rings (SSSR count). The second kappa shape index (κ2) is 4.13. The fraction of sp³-hybridized carbons (Fsp3) is 0.250. The normalized spacial score (nSPS) is 23.8. The predicted molar refractivity (Wildman–Crippen MR) is 68.8 cm³/mol. The summed E-state index contributed by atoms with van der Waals surface area (Å²) in [6.07, 6.45) is 27.0. The molecule has 0 heteroatoms. The Hall–Kier alpha value is -1.56. The van der Waals surface area contributed by atoms with Crippen molar-refractivity contribution in [1.29, 1.82) is 0 Å². The fourth-order valence-corrected chi connectivity index (χ4v) is 2.89. The predicted octanol–water partition coefficient (Wildman–Crippen LogP) is 3.83. The van der Waals surface area contributed by atoms with E-state index in [-0.39, 0.29) is 0 Å². The Bertz CT molecular complexity index is 326. The van der Waals surface area contributed by atoms with E-state index in [1.165, 1.54) is 0 Å². The molecule has 0 spiro atoms. The Morgan fingerprint density at radius 2 is 0.688 bits per heavy atom. The van der Waals surface area contributed by atoms with Crippen molar-refractivity contribution in [3.63, 3.8) is 0 Å². The Morgan fingerprint density at radius 3 is 0.938 bits per heavy atom. The van der Waals surface area contributed by atoms with Crippen LogP contribution in [0.5, 0.6) is 0 Å². The third-order valence-electron chi connectivity index (χ3n) is 3.67. The van der Waals surface area contributed by atoms with Gasteiger partial charge in [0.15, 0.2) is 0 Å². The minimum absolute atomic E-state index is 0.579. The Morgan fingerprint density at radius 1 is 0.438 bits per heavy atom. The summed E-state index contributed by atoms with van der Waals surface area (Å²) in [5.74, 6) is 2.37. The first-order chi connectivity index (χ1) is 7.95. The molecule has 0 saturated carbocycles. The first-order valence-electron chi connectivity index (χ1n) is 6.00. The minimum Gasteiger partial charge on any atom is -0.0773 e. The molecule has 0 fully saturated rings. The van der Waals surface area contributed by atoms with E-state index < -0.39 is 0 Å². The maximum atomic E-state index is 2.32. The monoisotopic (exact) mass is 208 g/mol. The summed E-state index contributed by atoms with van der Waals surface area (Å²) in [4.78, 5) is 0. The van der Waals surface area contributed by atoms with Gasteiger partial charge in [0.2, 0.25) is 0 Å². The number of rotatable bonds is 3. The highest BCUT2D eigenvalue weighted by Gasteiger charge is 2.30. The minimum atomic E-state index is 0.579. The molecule has 0 aromatic heterocycles. The number of hydrogen-bond acceptors (Lipinski definition) is 0. The van der Waals surface area contributed by atoms with Crippen molar-refractivity contribution in [2.75, 3.05) is 0 Å². The maximum absolute atomic E-state index is 2.32. The van der Waals surface area contributed by atoms with Crippen LogP contribution in [0.15, 0.2) is 72.9 Å². The summed E-state index contributed by atoms with van der Waals surface area (Å²) in [5.41, 5.74) is 0. The zero-order chi connectivity index (χ0) is 10.8. The summed E-state index contributed by atoms with van der Waals surface area (Å²) in [7, 11) is 0. The van der Waals surface area contributed by atoms with Crippen LogP contribution in [0.1, 0.15) is 0 Å². The van der Waals surface area contributed by atoms with Crippen LogP contribution in [0, 0.1) is 23.7 Å². The van der Waals surface area contributed by atoms with Gasteiger partial charge in [0.1, 0.15) is 0 Å². The van der Waals surface area contributed by atoms with Crippen LogP contribution in [0.3, 0.4) is 0 Å². The van der Waals surface area contributed by atoms with Crippen LogP contribution in [0.4, 0.5) is 0 Å². The standard InChI is InChI=1S/C16H16/c1-2-8-13(7-1)16(14-9-3-4-10-14)15-11-5-6-12-15/h1-16H. The lowest BCUT2D eigenvalue weighted by molar-refractivity contribution is 0.344. The fourth-order valence-electron chi connectivity index (χ4n) is 2.89. The van der Waals surface area contributed by atoms with E-state index in [1.54, 1.807) is 0 Å². The van der Waals surface area contributed by atoms with Gasteiger partial charge in [-0.05, 0) is 23.7 Å². The third kappa shape index (κ3) is 1.65. The molecule has 0 heterocycles. The molecule has 0 N–H and O–H groups in total. The van der Waals surface area contributed by atoms with Crippen molar-refractivity contribution >= 4 is 0 Å². The van der Waals surface area contributed by atoms with E-state index in [0.29, 0.717) is 23.7 Å². The summed E-state index contributed by atoms with van der Waals surface area (Å²) in [6, 6.07) is 0. The highest BCUT2D eigenvalue weighted by molar-refractivity contribution is 5.29. The molecule has 0 aliphatic heterocycles. The van der Waals surface area contributed by atoms with Gasteiger partial charge in [-0.3, -0.25) is 0 Å². The van der Waals surface area contributed by atoms with Crippen molar-refractivity contribution in [3.05, 3.63) is 72.9 Å². The molecule has 0 aromatic carbocycles. The van der Waals surface area contributed by atoms with Gasteiger partial charge in [-0.2, -0.15) is 0 Å². The van der Waals surface area contributed by atoms with Crippen LogP contribution >= 0.6 is 0 Å². The second-order valence-electron chi connectivity index (χ2n) is 4.62. The van der Waals surface area contributed by atoms with E-state index in [2.05, 4.69) is 72.9 Å². The highest BCUT2D eigenvalue weighted by Crippen LogP contribution is 2.38. The van der Waals surface area contributed by atoms with Gasteiger partial charge in [0.25, 0.3) is 0 Å². The van der Waals surface area contributed by atoms with E-state index in [4.69, 9.17) is 0 Å². The third-order valence-corrected chi connectivity index (χ3v) is 3.67. The van der Waals surface area contributed by atoms with Crippen LogP contribution in [0.2, 0.25) is 0 Å². The van der Waals surface area contributed by atoms with Crippen LogP contribution in [0.25, 0.3) is 0 Å². The topological polar surface area (TPSA) is 0 Å². The Balaban J connectivity index is 1.87. The first-order valence-corrected chi connectivity index (χ1v) is 6.00. The Labute approximate surface area is 97.1 Å². The van der Waals surface area contributed by atoms with Gasteiger partial charge in [0, 0.05) is 0 Å². The molecule has 0 amide bonds. The summed E-state index contributed by atoms with van der Waals surface area (Å²) in [6.45, 7) is 0. The van der Waals surface area contributed by atoms with E-state index in [1.807, 2.05) is 0 Å². The maximum Gasteiger partial charge on any atom is -0.000170 e. The summed E-state index contributed by atoms with van der Waals surface area (Å²) in [5, 5.41) is 0. The molecular formula is C16H16. The zero-order valence-corrected chi connectivity index (χ0v) is 9.24. The molecule has 0 nitrogen and oxygen atoms in total. The molecule has 3 aliphatic carbocycles. The highest BCUT2D eigenvalue weighted by atomic mass is 14.3. The average molecular weight is 208 g/mol. The lowest BCUT2D eigenvalue weighted by Gasteiger charge is -2.29. The van der Waals surface area contributed by atoms with Gasteiger partial charge in [-0.25, -0.2) is 0 Å². The lowest BCUT2D eigenvalue weighted by Crippen LogP contribution is -2.23. The molecule has 0 atom stereocenters. The van der Waals surface area contributed by atoms with Gasteiger partial charge in [0.05, 0.1) is 0 Å². The lowest BCUT2D eigenvalue weighted by atomic mass is 9.74. The number of allylic oxidation sites excluding steroid dienone is 12. The Kier molecular flexibility index (Phi) is 2.49. The molecular weight excluding hydrogens is 192 g/mol. The van der Waals surface area contributed by atoms with Crippen molar-refractivity contribution in [1.82, 2.24) is 0 Å². The van der Waals surface area contributed by atoms with E-state index in [9.17, 15) is 0 Å². The molecule has 3 aliphatic rings. The van der Waals surface area contributed by atoms with Gasteiger partial charge in [-0.15, -0.1) is 0 Å². The first kappa shape index (κ1) is 9.65. The second-order valence-corrected chi connectivity index (χ2v) is 4.62. The smallest absolute Gasteiger partial charge is 0.000170 e. The van der Waals surface area contributed by atoms with Gasteiger partial charge in [-0.1, -0.05) is 72.9 Å². The number of hydrogen-bond donors (Lipinski definition) is 0.